The van der Waals surface area contributed by atoms with Gasteiger partial charge in [-0.2, -0.15) is 0 Å². The molecule has 1 N–H and O–H groups in total. The summed E-state index contributed by atoms with van der Waals surface area (Å²) in [4.78, 5) is 3.10. The number of aromatic nitrogens is 2. The average molecular weight is 405 g/mol. The highest BCUT2D eigenvalue weighted by Gasteiger charge is 2.10. The number of halogens is 3. The first kappa shape index (κ1) is 13.1. The quantitative estimate of drug-likeness (QED) is 0.443. The van der Waals surface area contributed by atoms with E-state index < -0.39 is 0 Å². The number of benzene rings is 2. The summed E-state index contributed by atoms with van der Waals surface area (Å²) in [6, 6.07) is 10.1. The second-order valence-corrected chi connectivity index (χ2v) is 6.06. The zero-order chi connectivity index (χ0) is 13.6. The molecule has 96 valence electrons. The van der Waals surface area contributed by atoms with Gasteiger partial charge in [0, 0.05) is 3.57 Å². The van der Waals surface area contributed by atoms with Crippen molar-refractivity contribution >= 4 is 57.4 Å². The van der Waals surface area contributed by atoms with Crippen LogP contribution in [0.4, 0.5) is 4.39 Å². The summed E-state index contributed by atoms with van der Waals surface area (Å²) in [5.74, 6) is -0.346. The number of rotatable bonds is 1. The molecule has 0 radical (unpaired) electrons. The van der Waals surface area contributed by atoms with Gasteiger partial charge in [-0.3, -0.25) is 4.57 Å². The second kappa shape index (κ2) is 4.88. The van der Waals surface area contributed by atoms with Gasteiger partial charge >= 0.3 is 0 Å². The van der Waals surface area contributed by atoms with Gasteiger partial charge < -0.3 is 4.98 Å². The Bertz CT molecular complexity index is 840. The van der Waals surface area contributed by atoms with Gasteiger partial charge in [-0.05, 0) is 71.2 Å². The van der Waals surface area contributed by atoms with Crippen molar-refractivity contribution in [2.24, 2.45) is 0 Å². The van der Waals surface area contributed by atoms with E-state index in [1.54, 1.807) is 4.57 Å². The van der Waals surface area contributed by atoms with Gasteiger partial charge in [-0.25, -0.2) is 4.39 Å². The molecule has 19 heavy (non-hydrogen) atoms. The predicted octanol–water partition coefficient (Wildman–Crippen LogP) is 5.09. The Morgan fingerprint density at radius 1 is 1.21 bits per heavy atom. The number of hydrogen-bond acceptors (Lipinski definition) is 1. The zero-order valence-corrected chi connectivity index (χ0v) is 13.2. The standard InChI is InChI=1S/C13H7ClFIN2S/c14-9-3-1-7(15)5-12(9)18-11-4-2-8(16)6-10(11)17-13(18)19/h1-6H,(H,17,19). The summed E-state index contributed by atoms with van der Waals surface area (Å²) >= 11 is 13.7. The minimum atomic E-state index is -0.346. The number of nitrogens with one attached hydrogen (secondary N) is 1. The van der Waals surface area contributed by atoms with Crippen molar-refractivity contribution < 1.29 is 4.39 Å². The lowest BCUT2D eigenvalue weighted by molar-refractivity contribution is 0.626. The van der Waals surface area contributed by atoms with Crippen LogP contribution < -0.4 is 0 Å². The van der Waals surface area contributed by atoms with Crippen LogP contribution in [0.3, 0.4) is 0 Å². The van der Waals surface area contributed by atoms with Crippen LogP contribution in [0.2, 0.25) is 5.02 Å². The Kier molecular flexibility index (Phi) is 3.36. The van der Waals surface area contributed by atoms with Crippen LogP contribution in [0.25, 0.3) is 16.7 Å². The molecule has 0 unspecified atom stereocenters. The van der Waals surface area contributed by atoms with Gasteiger partial charge in [0.15, 0.2) is 4.77 Å². The maximum atomic E-state index is 13.4. The minimum absolute atomic E-state index is 0.346. The fourth-order valence-corrected chi connectivity index (χ4v) is 2.98. The Morgan fingerprint density at radius 3 is 2.79 bits per heavy atom. The lowest BCUT2D eigenvalue weighted by Gasteiger charge is -2.07. The molecule has 2 nitrogen and oxygen atoms in total. The van der Waals surface area contributed by atoms with Gasteiger partial charge in [0.25, 0.3) is 0 Å². The van der Waals surface area contributed by atoms with E-state index in [1.165, 1.54) is 18.2 Å². The number of imidazole rings is 1. The van der Waals surface area contributed by atoms with Crippen LogP contribution in [0.15, 0.2) is 36.4 Å². The maximum absolute atomic E-state index is 13.4. The topological polar surface area (TPSA) is 20.7 Å². The van der Waals surface area contributed by atoms with Crippen LogP contribution in [-0.2, 0) is 0 Å². The lowest BCUT2D eigenvalue weighted by Crippen LogP contribution is -1.96. The summed E-state index contributed by atoms with van der Waals surface area (Å²) < 4.78 is 16.7. The SMILES string of the molecule is Fc1ccc(Cl)c(-n2c(=S)[nH]c3cc(I)ccc32)c1. The maximum Gasteiger partial charge on any atom is 0.182 e. The number of nitrogens with zero attached hydrogens (tertiary/aromatic N) is 1. The van der Waals surface area contributed by atoms with E-state index in [0.717, 1.165) is 14.6 Å². The second-order valence-electron chi connectivity index (χ2n) is 4.02. The van der Waals surface area contributed by atoms with Crippen LogP contribution >= 0.6 is 46.4 Å². The smallest absolute Gasteiger partial charge is 0.182 e. The Morgan fingerprint density at radius 2 is 2.00 bits per heavy atom. The molecule has 0 aliphatic heterocycles. The summed E-state index contributed by atoms with van der Waals surface area (Å²) in [5, 5.41) is 0.456. The first-order chi connectivity index (χ1) is 9.06. The highest BCUT2D eigenvalue weighted by atomic mass is 127. The molecule has 1 aromatic heterocycles. The van der Waals surface area contributed by atoms with Crippen molar-refractivity contribution in [2.75, 3.05) is 0 Å². The van der Waals surface area contributed by atoms with Gasteiger partial charge in [-0.1, -0.05) is 11.6 Å². The number of hydrogen-bond donors (Lipinski definition) is 1. The van der Waals surface area contributed by atoms with Gasteiger partial charge in [0.1, 0.15) is 5.82 Å². The monoisotopic (exact) mass is 404 g/mol. The molecule has 1 heterocycles. The van der Waals surface area contributed by atoms with Crippen molar-refractivity contribution in [1.29, 1.82) is 0 Å². The fourth-order valence-electron chi connectivity index (χ4n) is 1.98. The number of aromatic amines is 1. The number of H-pyrrole nitrogens is 1. The van der Waals surface area contributed by atoms with Crippen molar-refractivity contribution in [3.05, 3.63) is 55.6 Å². The third kappa shape index (κ3) is 2.30. The molecule has 2 aromatic carbocycles. The van der Waals surface area contributed by atoms with Crippen molar-refractivity contribution in [3.8, 4) is 5.69 Å². The van der Waals surface area contributed by atoms with Gasteiger partial charge in [0.05, 0.1) is 21.7 Å². The minimum Gasteiger partial charge on any atom is -0.330 e. The van der Waals surface area contributed by atoms with Crippen molar-refractivity contribution in [3.63, 3.8) is 0 Å². The van der Waals surface area contributed by atoms with E-state index in [-0.39, 0.29) is 5.82 Å². The number of fused-ring (bicyclic) bond motifs is 1. The van der Waals surface area contributed by atoms with Crippen molar-refractivity contribution in [2.45, 2.75) is 0 Å². The molecule has 0 amide bonds. The first-order valence-corrected chi connectivity index (χ1v) is 7.28. The molecule has 0 bridgehead atoms. The molecule has 6 heteroatoms. The van der Waals surface area contributed by atoms with Crippen LogP contribution in [0, 0.1) is 14.2 Å². The highest BCUT2D eigenvalue weighted by molar-refractivity contribution is 14.1. The summed E-state index contributed by atoms with van der Waals surface area (Å²) in [5.41, 5.74) is 2.31. The van der Waals surface area contributed by atoms with E-state index in [1.807, 2.05) is 18.2 Å². The Labute approximate surface area is 132 Å². The van der Waals surface area contributed by atoms with Crippen LogP contribution in [0.1, 0.15) is 0 Å². The fraction of sp³-hybridized carbons (Fsp3) is 0. The third-order valence-corrected chi connectivity index (χ3v) is 4.07. The largest absolute Gasteiger partial charge is 0.330 e. The van der Waals surface area contributed by atoms with E-state index in [0.29, 0.717) is 15.5 Å². The summed E-state index contributed by atoms with van der Waals surface area (Å²) in [7, 11) is 0. The van der Waals surface area contributed by atoms with Gasteiger partial charge in [0.2, 0.25) is 0 Å². The van der Waals surface area contributed by atoms with E-state index >= 15 is 0 Å². The highest BCUT2D eigenvalue weighted by Crippen LogP contribution is 2.27. The van der Waals surface area contributed by atoms with Crippen LogP contribution in [0.5, 0.6) is 0 Å². The van der Waals surface area contributed by atoms with Gasteiger partial charge in [-0.15, -0.1) is 0 Å². The third-order valence-electron chi connectivity index (χ3n) is 2.79. The van der Waals surface area contributed by atoms with E-state index in [4.69, 9.17) is 23.8 Å². The summed E-state index contributed by atoms with van der Waals surface area (Å²) in [6.45, 7) is 0. The molecule has 0 atom stereocenters. The van der Waals surface area contributed by atoms with E-state index in [2.05, 4.69) is 27.6 Å². The molecule has 3 rings (SSSR count). The normalized spacial score (nSPS) is 11.1. The van der Waals surface area contributed by atoms with Crippen molar-refractivity contribution in [1.82, 2.24) is 9.55 Å². The molecule has 0 saturated carbocycles. The molecular formula is C13H7ClFIN2S. The molecule has 0 aliphatic carbocycles. The van der Waals surface area contributed by atoms with Crippen LogP contribution in [-0.4, -0.2) is 9.55 Å². The molecule has 3 aromatic rings. The average Bonchev–Trinajstić information content (AvgIpc) is 2.67. The summed E-state index contributed by atoms with van der Waals surface area (Å²) in [6.07, 6.45) is 0. The Hall–Kier alpha value is -0.920. The first-order valence-electron chi connectivity index (χ1n) is 5.42. The Balaban J connectivity index is 2.39. The predicted molar refractivity (Wildman–Crippen MR) is 86.1 cm³/mol. The zero-order valence-electron chi connectivity index (χ0n) is 9.45. The molecule has 0 spiro atoms. The molecular weight excluding hydrogens is 398 g/mol. The molecule has 0 aliphatic rings. The molecule has 0 saturated heterocycles. The molecule has 0 fully saturated rings. The van der Waals surface area contributed by atoms with E-state index in [9.17, 15) is 4.39 Å². The lowest BCUT2D eigenvalue weighted by atomic mass is 10.2.